The number of benzene rings is 1. The van der Waals surface area contributed by atoms with E-state index in [0.717, 1.165) is 31.6 Å². The maximum Gasteiger partial charge on any atom is 0.118 e. The number of aliphatic hydroxyl groups excluding tert-OH is 1. The molecule has 1 aromatic rings. The van der Waals surface area contributed by atoms with Crippen LogP contribution in [-0.2, 0) is 0 Å². The Balaban J connectivity index is 2.99. The molecule has 4 nitrogen and oxygen atoms in total. The summed E-state index contributed by atoms with van der Waals surface area (Å²) in [6.45, 7) is 6.07. The van der Waals surface area contributed by atoms with Crippen molar-refractivity contribution < 1.29 is 9.84 Å². The third kappa shape index (κ3) is 5.30. The second-order valence-corrected chi connectivity index (χ2v) is 5.40. The summed E-state index contributed by atoms with van der Waals surface area (Å²) < 4.78 is 5.22. The molecule has 0 aliphatic rings. The minimum absolute atomic E-state index is 0.0572. The molecule has 0 spiro atoms. The summed E-state index contributed by atoms with van der Waals surface area (Å²) in [4.78, 5) is 2.31. The lowest BCUT2D eigenvalue weighted by Gasteiger charge is -2.35. The molecule has 120 valence electrons. The Morgan fingerprint density at radius 1 is 1.19 bits per heavy atom. The molecule has 21 heavy (non-hydrogen) atoms. The van der Waals surface area contributed by atoms with Crippen molar-refractivity contribution in [3.8, 4) is 5.75 Å². The van der Waals surface area contributed by atoms with Gasteiger partial charge in [-0.25, -0.2) is 0 Å². The average molecular weight is 294 g/mol. The molecule has 1 rings (SSSR count). The number of rotatable bonds is 10. The van der Waals surface area contributed by atoms with E-state index >= 15 is 0 Å². The topological polar surface area (TPSA) is 58.7 Å². The Hall–Kier alpha value is -1.10. The Morgan fingerprint density at radius 3 is 2.33 bits per heavy atom. The van der Waals surface area contributed by atoms with Crippen LogP contribution in [0.15, 0.2) is 24.3 Å². The zero-order valence-corrected chi connectivity index (χ0v) is 13.6. The second kappa shape index (κ2) is 9.77. The van der Waals surface area contributed by atoms with Gasteiger partial charge in [0.15, 0.2) is 0 Å². The average Bonchev–Trinajstić information content (AvgIpc) is 2.53. The van der Waals surface area contributed by atoms with Gasteiger partial charge in [-0.1, -0.05) is 32.4 Å². The monoisotopic (exact) mass is 294 g/mol. The number of aliphatic hydroxyl groups is 1. The third-order valence-corrected chi connectivity index (χ3v) is 3.91. The van der Waals surface area contributed by atoms with Crippen LogP contribution in [0.2, 0.25) is 0 Å². The second-order valence-electron chi connectivity index (χ2n) is 5.40. The van der Waals surface area contributed by atoms with Crippen molar-refractivity contribution in [1.29, 1.82) is 0 Å². The van der Waals surface area contributed by atoms with E-state index in [0.29, 0.717) is 6.54 Å². The van der Waals surface area contributed by atoms with Crippen LogP contribution in [0.3, 0.4) is 0 Å². The quantitative estimate of drug-likeness (QED) is 0.696. The predicted octanol–water partition coefficient (Wildman–Crippen LogP) is 2.57. The molecule has 0 radical (unpaired) electrons. The minimum atomic E-state index is 0.0572. The van der Waals surface area contributed by atoms with Crippen molar-refractivity contribution in [1.82, 2.24) is 4.90 Å². The first-order valence-corrected chi connectivity index (χ1v) is 7.92. The van der Waals surface area contributed by atoms with Crippen molar-refractivity contribution in [2.75, 3.05) is 26.8 Å². The minimum Gasteiger partial charge on any atom is -0.497 e. The van der Waals surface area contributed by atoms with E-state index in [9.17, 15) is 5.11 Å². The van der Waals surface area contributed by atoms with Crippen LogP contribution in [0.25, 0.3) is 0 Å². The van der Waals surface area contributed by atoms with Gasteiger partial charge in [0.2, 0.25) is 0 Å². The normalized spacial score (nSPS) is 14.2. The number of hydrogen-bond donors (Lipinski definition) is 2. The molecule has 0 aromatic heterocycles. The zero-order valence-electron chi connectivity index (χ0n) is 13.6. The molecule has 2 atom stereocenters. The largest absolute Gasteiger partial charge is 0.497 e. The number of nitrogens with two attached hydrogens (primary N) is 1. The molecule has 0 saturated carbocycles. The van der Waals surface area contributed by atoms with Crippen molar-refractivity contribution in [2.24, 2.45) is 5.73 Å². The lowest BCUT2D eigenvalue weighted by atomic mass is 9.95. The maximum absolute atomic E-state index is 9.37. The van der Waals surface area contributed by atoms with Gasteiger partial charge in [0.1, 0.15) is 5.75 Å². The summed E-state index contributed by atoms with van der Waals surface area (Å²) in [5.74, 6) is 0.852. The van der Waals surface area contributed by atoms with Gasteiger partial charge in [0, 0.05) is 18.6 Å². The Bertz CT molecular complexity index is 381. The molecule has 0 bridgehead atoms. The molecule has 1 aromatic carbocycles. The molecule has 0 aliphatic carbocycles. The van der Waals surface area contributed by atoms with E-state index in [1.54, 1.807) is 7.11 Å². The highest BCUT2D eigenvalue weighted by Gasteiger charge is 2.25. The number of ether oxygens (including phenoxy) is 1. The van der Waals surface area contributed by atoms with E-state index in [2.05, 4.69) is 30.9 Å². The molecule has 0 saturated heterocycles. The van der Waals surface area contributed by atoms with Crippen LogP contribution in [-0.4, -0.2) is 42.9 Å². The fourth-order valence-corrected chi connectivity index (χ4v) is 2.63. The Kier molecular flexibility index (Phi) is 8.35. The van der Waals surface area contributed by atoms with Gasteiger partial charge >= 0.3 is 0 Å². The summed E-state index contributed by atoms with van der Waals surface area (Å²) in [7, 11) is 1.67. The number of methoxy groups -OCH3 is 1. The molecular formula is C17H30N2O2. The highest BCUT2D eigenvalue weighted by Crippen LogP contribution is 2.27. The van der Waals surface area contributed by atoms with E-state index < -0.39 is 0 Å². The third-order valence-electron chi connectivity index (χ3n) is 3.91. The fraction of sp³-hybridized carbons (Fsp3) is 0.647. The highest BCUT2D eigenvalue weighted by molar-refractivity contribution is 5.30. The van der Waals surface area contributed by atoms with Crippen molar-refractivity contribution in [3.63, 3.8) is 0 Å². The van der Waals surface area contributed by atoms with Crippen LogP contribution in [0.5, 0.6) is 5.75 Å². The maximum atomic E-state index is 9.37. The Morgan fingerprint density at radius 2 is 1.86 bits per heavy atom. The van der Waals surface area contributed by atoms with Crippen molar-refractivity contribution in [2.45, 2.75) is 45.2 Å². The van der Waals surface area contributed by atoms with Crippen molar-refractivity contribution >= 4 is 0 Å². The molecule has 0 fully saturated rings. The summed E-state index contributed by atoms with van der Waals surface area (Å²) in [5.41, 5.74) is 7.56. The van der Waals surface area contributed by atoms with Crippen LogP contribution in [0.1, 0.15) is 44.7 Å². The summed E-state index contributed by atoms with van der Waals surface area (Å²) in [6.07, 6.45) is 3.16. The van der Waals surface area contributed by atoms with Gasteiger partial charge in [-0.05, 0) is 37.1 Å². The number of hydrogen-bond acceptors (Lipinski definition) is 4. The van der Waals surface area contributed by atoms with Gasteiger partial charge in [-0.15, -0.1) is 0 Å². The van der Waals surface area contributed by atoms with Crippen LogP contribution in [0.4, 0.5) is 0 Å². The summed E-state index contributed by atoms with van der Waals surface area (Å²) >= 11 is 0. The number of nitrogens with zero attached hydrogens (tertiary/aromatic N) is 1. The molecule has 4 heteroatoms. The lowest BCUT2D eigenvalue weighted by Crippen LogP contribution is -2.42. The van der Waals surface area contributed by atoms with Crippen molar-refractivity contribution in [3.05, 3.63) is 29.8 Å². The van der Waals surface area contributed by atoms with E-state index in [1.165, 1.54) is 5.56 Å². The number of unbranched alkanes of at least 4 members (excludes halogenated alkanes) is 1. The lowest BCUT2D eigenvalue weighted by molar-refractivity contribution is 0.130. The van der Waals surface area contributed by atoms with Gasteiger partial charge < -0.3 is 15.6 Å². The SMILES string of the molecule is CCCCN(CCO)C(c1ccc(OC)cc1)C(N)CC. The molecule has 0 amide bonds. The van der Waals surface area contributed by atoms with E-state index in [4.69, 9.17) is 10.5 Å². The van der Waals surface area contributed by atoms with Gasteiger partial charge in [0.25, 0.3) is 0 Å². The van der Waals surface area contributed by atoms with Crippen LogP contribution in [0, 0.1) is 0 Å². The molecule has 0 aliphatic heterocycles. The predicted molar refractivity (Wildman–Crippen MR) is 87.6 cm³/mol. The molecular weight excluding hydrogens is 264 g/mol. The zero-order chi connectivity index (χ0) is 15.7. The smallest absolute Gasteiger partial charge is 0.118 e. The molecule has 2 unspecified atom stereocenters. The first kappa shape index (κ1) is 18.0. The standard InChI is InChI=1S/C17H30N2O2/c1-4-6-11-19(12-13-20)17(16(18)5-2)14-7-9-15(21-3)10-8-14/h7-10,16-17,20H,4-6,11-13,18H2,1-3H3. The first-order chi connectivity index (χ1) is 10.2. The van der Waals surface area contributed by atoms with Crippen LogP contribution >= 0.6 is 0 Å². The van der Waals surface area contributed by atoms with E-state index in [-0.39, 0.29) is 18.7 Å². The van der Waals surface area contributed by atoms with Crippen LogP contribution < -0.4 is 10.5 Å². The molecule has 3 N–H and O–H groups in total. The first-order valence-electron chi connectivity index (χ1n) is 7.92. The summed E-state index contributed by atoms with van der Waals surface area (Å²) in [6, 6.07) is 8.30. The van der Waals surface area contributed by atoms with Gasteiger partial charge in [0.05, 0.1) is 13.7 Å². The van der Waals surface area contributed by atoms with Gasteiger partial charge in [-0.3, -0.25) is 4.90 Å². The molecule has 0 heterocycles. The Labute approximate surface area is 128 Å². The van der Waals surface area contributed by atoms with Gasteiger partial charge in [-0.2, -0.15) is 0 Å². The summed E-state index contributed by atoms with van der Waals surface area (Å²) in [5, 5.41) is 9.37. The fourth-order valence-electron chi connectivity index (χ4n) is 2.63. The van der Waals surface area contributed by atoms with E-state index in [1.807, 2.05) is 12.1 Å². The highest BCUT2D eigenvalue weighted by atomic mass is 16.5.